The quantitative estimate of drug-likeness (QED) is 0.842. The van der Waals surface area contributed by atoms with E-state index in [1.807, 2.05) is 53.2 Å². The van der Waals surface area contributed by atoms with Gasteiger partial charge in [-0.25, -0.2) is 0 Å². The Kier molecular flexibility index (Phi) is 4.54. The van der Waals surface area contributed by atoms with Crippen LogP contribution in [-0.2, 0) is 18.3 Å². The van der Waals surface area contributed by atoms with E-state index in [1.54, 1.807) is 0 Å². The van der Waals surface area contributed by atoms with Crippen molar-refractivity contribution >= 4 is 5.91 Å². The predicted octanol–water partition coefficient (Wildman–Crippen LogP) is 1.93. The average Bonchev–Trinajstić information content (AvgIpc) is 3.37. The second kappa shape index (κ2) is 6.85. The van der Waals surface area contributed by atoms with Gasteiger partial charge in [0.1, 0.15) is 5.69 Å². The van der Waals surface area contributed by atoms with E-state index in [-0.39, 0.29) is 11.5 Å². The van der Waals surface area contributed by atoms with Crippen LogP contribution in [0, 0.1) is 0 Å². The summed E-state index contributed by atoms with van der Waals surface area (Å²) in [5.74, 6) is 0.100. The summed E-state index contributed by atoms with van der Waals surface area (Å²) in [6, 6.07) is 10.2. The number of likely N-dealkylation sites (N-methyl/N-ethyl adjacent to an activating group) is 1. The molecule has 2 aromatic heterocycles. The third-order valence-electron chi connectivity index (χ3n) is 5.72. The van der Waals surface area contributed by atoms with Crippen LogP contribution < -0.4 is 0 Å². The zero-order chi connectivity index (χ0) is 18.1. The molecule has 4 heterocycles. The monoisotopic (exact) mass is 354 g/mol. The van der Waals surface area contributed by atoms with Crippen LogP contribution >= 0.6 is 0 Å². The zero-order valence-electron chi connectivity index (χ0n) is 15.5. The van der Waals surface area contributed by atoms with Crippen LogP contribution in [0.15, 0.2) is 42.7 Å². The van der Waals surface area contributed by atoms with Gasteiger partial charge in [0.25, 0.3) is 5.91 Å². The summed E-state index contributed by atoms with van der Waals surface area (Å²) in [6.45, 7) is 2.98. The van der Waals surface area contributed by atoms with Gasteiger partial charge in [0, 0.05) is 38.6 Å². The highest BCUT2D eigenvalue weighted by Crippen LogP contribution is 2.37. The van der Waals surface area contributed by atoms with E-state index < -0.39 is 0 Å². The van der Waals surface area contributed by atoms with Crippen LogP contribution in [0.2, 0.25) is 0 Å². The normalized spacial score (nSPS) is 25.5. The van der Waals surface area contributed by atoms with E-state index >= 15 is 0 Å². The third kappa shape index (κ3) is 3.27. The smallest absolute Gasteiger partial charge is 0.270 e. The summed E-state index contributed by atoms with van der Waals surface area (Å²) in [5, 5.41) is 0. The molecule has 0 N–H and O–H groups in total. The van der Waals surface area contributed by atoms with Gasteiger partial charge in [0.15, 0.2) is 0 Å². The number of pyridine rings is 1. The lowest BCUT2D eigenvalue weighted by atomic mass is 9.96. The molecule has 2 aliphatic rings. The van der Waals surface area contributed by atoms with Crippen molar-refractivity contribution in [2.24, 2.45) is 7.05 Å². The molecule has 2 atom stereocenters. The lowest BCUT2D eigenvalue weighted by molar-refractivity contribution is 0.0107. The first kappa shape index (κ1) is 17.2. The van der Waals surface area contributed by atoms with Crippen molar-refractivity contribution in [3.63, 3.8) is 0 Å². The summed E-state index contributed by atoms with van der Waals surface area (Å²) < 4.78 is 8.12. The predicted molar refractivity (Wildman–Crippen MR) is 98.7 cm³/mol. The standard InChI is InChI=1S/C20H26N4O2/c1-22-10-5-7-18(22)19(25)24-11-8-20(15-24)12-17(14-26-20)23(2)13-16-6-3-4-9-21-16/h3-7,9-10,17H,8,11-15H2,1-2H3/t17-,20+/m0/s1. The SMILES string of the molecule is CN(Cc1ccccn1)[C@@H]1CO[C@]2(CCN(C(=O)c3cccn3C)C2)C1. The van der Waals surface area contributed by atoms with E-state index in [0.717, 1.165) is 43.9 Å². The Balaban J connectivity index is 1.37. The van der Waals surface area contributed by atoms with Crippen LogP contribution in [0.1, 0.15) is 29.0 Å². The van der Waals surface area contributed by atoms with Gasteiger partial charge in [-0.1, -0.05) is 6.07 Å². The van der Waals surface area contributed by atoms with Crippen molar-refractivity contribution in [1.82, 2.24) is 19.4 Å². The Bertz CT molecular complexity index is 775. The zero-order valence-corrected chi connectivity index (χ0v) is 15.5. The van der Waals surface area contributed by atoms with E-state index in [4.69, 9.17) is 4.74 Å². The Morgan fingerprint density at radius 2 is 2.27 bits per heavy atom. The van der Waals surface area contributed by atoms with Gasteiger partial charge in [0.2, 0.25) is 0 Å². The number of nitrogens with zero attached hydrogens (tertiary/aromatic N) is 4. The maximum Gasteiger partial charge on any atom is 0.270 e. The van der Waals surface area contributed by atoms with Gasteiger partial charge in [-0.15, -0.1) is 0 Å². The van der Waals surface area contributed by atoms with Gasteiger partial charge in [-0.2, -0.15) is 0 Å². The van der Waals surface area contributed by atoms with E-state index in [1.165, 1.54) is 0 Å². The van der Waals surface area contributed by atoms with Crippen molar-refractivity contribution in [2.75, 3.05) is 26.7 Å². The molecule has 2 aromatic rings. The second-order valence-electron chi connectivity index (χ2n) is 7.57. The molecule has 2 fully saturated rings. The van der Waals surface area contributed by atoms with Gasteiger partial charge < -0.3 is 14.2 Å². The number of carbonyl (C=O) groups excluding carboxylic acids is 1. The van der Waals surface area contributed by atoms with E-state index in [0.29, 0.717) is 12.6 Å². The van der Waals surface area contributed by atoms with Crippen molar-refractivity contribution in [3.05, 3.63) is 54.1 Å². The first-order chi connectivity index (χ1) is 12.6. The van der Waals surface area contributed by atoms with Crippen LogP contribution in [0.25, 0.3) is 0 Å². The molecule has 4 rings (SSSR count). The van der Waals surface area contributed by atoms with Crippen molar-refractivity contribution in [2.45, 2.75) is 31.0 Å². The Hall–Kier alpha value is -2.18. The highest BCUT2D eigenvalue weighted by Gasteiger charge is 2.47. The maximum absolute atomic E-state index is 12.8. The van der Waals surface area contributed by atoms with Crippen LogP contribution in [-0.4, -0.2) is 63.6 Å². The fraction of sp³-hybridized carbons (Fsp3) is 0.500. The number of carbonyl (C=O) groups is 1. The number of aryl methyl sites for hydroxylation is 1. The molecular weight excluding hydrogens is 328 g/mol. The van der Waals surface area contributed by atoms with Crippen LogP contribution in [0.4, 0.5) is 0 Å². The highest BCUT2D eigenvalue weighted by molar-refractivity contribution is 5.93. The Labute approximate surface area is 154 Å². The van der Waals surface area contributed by atoms with Crippen molar-refractivity contribution in [3.8, 4) is 0 Å². The first-order valence-corrected chi connectivity index (χ1v) is 9.21. The van der Waals surface area contributed by atoms with Crippen LogP contribution in [0.3, 0.4) is 0 Å². The highest BCUT2D eigenvalue weighted by atomic mass is 16.5. The molecule has 0 unspecified atom stereocenters. The summed E-state index contributed by atoms with van der Waals surface area (Å²) in [5.41, 5.74) is 1.62. The molecule has 0 bridgehead atoms. The number of hydrogen-bond donors (Lipinski definition) is 0. The lowest BCUT2D eigenvalue weighted by Gasteiger charge is -2.26. The molecule has 0 saturated carbocycles. The maximum atomic E-state index is 12.8. The topological polar surface area (TPSA) is 50.6 Å². The number of rotatable bonds is 4. The van der Waals surface area contributed by atoms with Gasteiger partial charge in [-0.3, -0.25) is 14.7 Å². The molecular formula is C20H26N4O2. The molecule has 138 valence electrons. The minimum atomic E-state index is -0.191. The fourth-order valence-corrected chi connectivity index (χ4v) is 4.13. The van der Waals surface area contributed by atoms with E-state index in [2.05, 4.69) is 23.0 Å². The second-order valence-corrected chi connectivity index (χ2v) is 7.57. The van der Waals surface area contributed by atoms with E-state index in [9.17, 15) is 4.79 Å². The molecule has 26 heavy (non-hydrogen) atoms. The molecule has 0 aromatic carbocycles. The van der Waals surface area contributed by atoms with Crippen molar-refractivity contribution < 1.29 is 9.53 Å². The Morgan fingerprint density at radius 3 is 3.00 bits per heavy atom. The summed E-state index contributed by atoms with van der Waals surface area (Å²) >= 11 is 0. The summed E-state index contributed by atoms with van der Waals surface area (Å²) in [7, 11) is 4.04. The molecule has 2 saturated heterocycles. The molecule has 1 spiro atoms. The molecule has 0 aliphatic carbocycles. The third-order valence-corrected chi connectivity index (χ3v) is 5.72. The minimum Gasteiger partial charge on any atom is -0.371 e. The first-order valence-electron chi connectivity index (χ1n) is 9.21. The van der Waals surface area contributed by atoms with Crippen molar-refractivity contribution in [1.29, 1.82) is 0 Å². The fourth-order valence-electron chi connectivity index (χ4n) is 4.13. The van der Waals surface area contributed by atoms with Gasteiger partial charge in [-0.05, 0) is 44.2 Å². The summed E-state index contributed by atoms with van der Waals surface area (Å²) in [4.78, 5) is 21.4. The molecule has 0 radical (unpaired) electrons. The minimum absolute atomic E-state index is 0.100. The van der Waals surface area contributed by atoms with Gasteiger partial charge >= 0.3 is 0 Å². The molecule has 2 aliphatic heterocycles. The number of ether oxygens (including phenoxy) is 1. The Morgan fingerprint density at radius 1 is 1.38 bits per heavy atom. The average molecular weight is 354 g/mol. The van der Waals surface area contributed by atoms with Crippen LogP contribution in [0.5, 0.6) is 0 Å². The lowest BCUT2D eigenvalue weighted by Crippen LogP contribution is -2.38. The molecule has 6 nitrogen and oxygen atoms in total. The largest absolute Gasteiger partial charge is 0.371 e. The molecule has 1 amide bonds. The van der Waals surface area contributed by atoms with Gasteiger partial charge in [0.05, 0.1) is 24.4 Å². The number of likely N-dealkylation sites (tertiary alicyclic amines) is 1. The molecule has 6 heteroatoms. The summed E-state index contributed by atoms with van der Waals surface area (Å²) in [6.07, 6.45) is 5.62. The number of hydrogen-bond acceptors (Lipinski definition) is 4. The number of amides is 1. The number of aromatic nitrogens is 2.